The maximum atomic E-state index is 13.1. The fourth-order valence-electron chi connectivity index (χ4n) is 4.47. The van der Waals surface area contributed by atoms with Crippen LogP contribution in [0.3, 0.4) is 0 Å². The molecule has 2 rings (SSSR count). The molecule has 0 N–H and O–H groups in total. The van der Waals surface area contributed by atoms with Gasteiger partial charge in [0.1, 0.15) is 11.6 Å². The fraction of sp³-hybridized carbons (Fsp3) is 0.720. The van der Waals surface area contributed by atoms with Gasteiger partial charge in [-0.15, -0.1) is 0 Å². The first-order valence-corrected chi connectivity index (χ1v) is 11.5. The predicted molar refractivity (Wildman–Crippen MR) is 113 cm³/mol. The van der Waals surface area contributed by atoms with Crippen molar-refractivity contribution < 1.29 is 9.18 Å². The molecule has 0 amide bonds. The molecule has 1 aliphatic carbocycles. The van der Waals surface area contributed by atoms with E-state index in [1.165, 1.54) is 63.4 Å². The molecule has 0 unspecified atom stereocenters. The Hall–Kier alpha value is -1.18. The van der Waals surface area contributed by atoms with Gasteiger partial charge in [-0.3, -0.25) is 4.79 Å². The van der Waals surface area contributed by atoms with Crippen molar-refractivity contribution in [1.29, 1.82) is 0 Å². The molecule has 2 heteroatoms. The average Bonchev–Trinajstić information content (AvgIpc) is 2.70. The maximum absolute atomic E-state index is 13.1. The summed E-state index contributed by atoms with van der Waals surface area (Å²) in [5.41, 5.74) is 1.23. The number of carbonyl (C=O) groups is 1. The second-order valence-corrected chi connectivity index (χ2v) is 8.50. The molecule has 1 aromatic rings. The Morgan fingerprint density at radius 1 is 0.815 bits per heavy atom. The molecule has 0 heterocycles. The van der Waals surface area contributed by atoms with Gasteiger partial charge in [0.2, 0.25) is 0 Å². The first-order valence-electron chi connectivity index (χ1n) is 11.5. The Labute approximate surface area is 166 Å². The molecule has 0 saturated heterocycles. The van der Waals surface area contributed by atoms with Crippen molar-refractivity contribution in [2.75, 3.05) is 0 Å². The second kappa shape index (κ2) is 13.1. The lowest BCUT2D eigenvalue weighted by molar-refractivity contribution is -0.124. The summed E-state index contributed by atoms with van der Waals surface area (Å²) >= 11 is 0. The lowest BCUT2D eigenvalue weighted by Gasteiger charge is -2.28. The molecule has 0 spiro atoms. The molecular weight excluding hydrogens is 335 g/mol. The summed E-state index contributed by atoms with van der Waals surface area (Å²) in [6, 6.07) is 6.92. The van der Waals surface area contributed by atoms with E-state index in [0.29, 0.717) is 11.7 Å². The highest BCUT2D eigenvalue weighted by Gasteiger charge is 2.26. The number of hydrogen-bond donors (Lipinski definition) is 0. The van der Waals surface area contributed by atoms with Crippen LogP contribution in [-0.2, 0) is 4.79 Å². The zero-order chi connectivity index (χ0) is 19.3. The molecular formula is C25H39FO. The van der Waals surface area contributed by atoms with Crippen LogP contribution < -0.4 is 0 Å². The maximum Gasteiger partial charge on any atom is 0.135 e. The summed E-state index contributed by atoms with van der Waals surface area (Å²) in [5.74, 6) is 1.11. The van der Waals surface area contributed by atoms with Crippen molar-refractivity contribution in [2.24, 2.45) is 5.92 Å². The minimum Gasteiger partial charge on any atom is -0.299 e. The monoisotopic (exact) mass is 374 g/mol. The molecule has 1 aromatic carbocycles. The molecule has 1 fully saturated rings. The normalized spacial score (nSPS) is 19.9. The summed E-state index contributed by atoms with van der Waals surface area (Å²) in [7, 11) is 0. The van der Waals surface area contributed by atoms with E-state index in [0.717, 1.165) is 38.5 Å². The van der Waals surface area contributed by atoms with Crippen molar-refractivity contribution in [3.05, 3.63) is 35.6 Å². The van der Waals surface area contributed by atoms with Crippen LogP contribution in [0, 0.1) is 11.7 Å². The fourth-order valence-corrected chi connectivity index (χ4v) is 4.47. The van der Waals surface area contributed by atoms with Crippen LogP contribution in [-0.4, -0.2) is 5.78 Å². The number of hydrogen-bond acceptors (Lipinski definition) is 1. The second-order valence-electron chi connectivity index (χ2n) is 8.50. The molecule has 0 atom stereocenters. The molecule has 0 aliphatic heterocycles. The van der Waals surface area contributed by atoms with Crippen molar-refractivity contribution in [2.45, 2.75) is 109 Å². The van der Waals surface area contributed by atoms with Crippen molar-refractivity contribution in [3.63, 3.8) is 0 Å². The van der Waals surface area contributed by atoms with Gasteiger partial charge < -0.3 is 0 Å². The van der Waals surface area contributed by atoms with Gasteiger partial charge in [-0.25, -0.2) is 4.39 Å². The zero-order valence-electron chi connectivity index (χ0n) is 17.4. The Kier molecular flexibility index (Phi) is 10.7. The largest absolute Gasteiger partial charge is 0.299 e. The standard InChI is InChI=1S/C25H39FO/c1-2-3-4-5-6-7-8-9-10-11-12-25(27)23-15-13-21(14-16-23)22-17-19-24(26)20-18-22/h17-21,23H,2-16H2,1H3/t21-,23-. The van der Waals surface area contributed by atoms with Crippen LogP contribution in [0.1, 0.15) is 115 Å². The minimum atomic E-state index is -0.167. The van der Waals surface area contributed by atoms with Crippen molar-refractivity contribution >= 4 is 5.78 Å². The molecule has 1 aliphatic rings. The van der Waals surface area contributed by atoms with Gasteiger partial charge in [-0.05, 0) is 55.7 Å². The SMILES string of the molecule is CCCCCCCCCCCCC(=O)[C@H]1CC[C@H](c2ccc(F)cc2)CC1. The van der Waals surface area contributed by atoms with E-state index >= 15 is 0 Å². The van der Waals surface area contributed by atoms with Crippen LogP contribution in [0.5, 0.6) is 0 Å². The first-order chi connectivity index (χ1) is 13.2. The topological polar surface area (TPSA) is 17.1 Å². The van der Waals surface area contributed by atoms with E-state index < -0.39 is 0 Å². The van der Waals surface area contributed by atoms with E-state index in [4.69, 9.17) is 0 Å². The molecule has 1 nitrogen and oxygen atoms in total. The third-order valence-electron chi connectivity index (χ3n) is 6.30. The Morgan fingerprint density at radius 2 is 1.33 bits per heavy atom. The molecule has 152 valence electrons. The van der Waals surface area contributed by atoms with Crippen LogP contribution in [0.2, 0.25) is 0 Å². The number of ketones is 1. The molecule has 0 radical (unpaired) electrons. The quantitative estimate of drug-likeness (QED) is 0.320. The van der Waals surface area contributed by atoms with E-state index in [1.54, 1.807) is 12.1 Å². The van der Waals surface area contributed by atoms with Gasteiger partial charge in [0.15, 0.2) is 0 Å². The van der Waals surface area contributed by atoms with E-state index in [1.807, 2.05) is 12.1 Å². The van der Waals surface area contributed by atoms with Crippen molar-refractivity contribution in [1.82, 2.24) is 0 Å². The van der Waals surface area contributed by atoms with Crippen LogP contribution in [0.25, 0.3) is 0 Å². The van der Waals surface area contributed by atoms with Crippen LogP contribution in [0.4, 0.5) is 4.39 Å². The Bertz CT molecular complexity index is 514. The highest BCUT2D eigenvalue weighted by molar-refractivity contribution is 5.81. The summed E-state index contributed by atoms with van der Waals surface area (Å²) in [6.07, 6.45) is 18.1. The molecule has 0 bridgehead atoms. The van der Waals surface area contributed by atoms with Crippen molar-refractivity contribution in [3.8, 4) is 0 Å². The van der Waals surface area contributed by atoms with Gasteiger partial charge in [0.25, 0.3) is 0 Å². The van der Waals surface area contributed by atoms with Crippen LogP contribution in [0.15, 0.2) is 24.3 Å². The number of rotatable bonds is 13. The smallest absolute Gasteiger partial charge is 0.135 e. The van der Waals surface area contributed by atoms with Gasteiger partial charge in [0, 0.05) is 12.3 Å². The predicted octanol–water partition coefficient (Wildman–Crippen LogP) is 7.98. The zero-order valence-corrected chi connectivity index (χ0v) is 17.4. The first kappa shape index (κ1) is 22.1. The summed E-state index contributed by atoms with van der Waals surface area (Å²) in [6.45, 7) is 2.26. The number of carbonyl (C=O) groups excluding carboxylic acids is 1. The number of Topliss-reactive ketones (excluding diaryl/α,β-unsaturated/α-hetero) is 1. The summed E-state index contributed by atoms with van der Waals surface area (Å²) in [5, 5.41) is 0. The molecule has 27 heavy (non-hydrogen) atoms. The molecule has 1 saturated carbocycles. The highest BCUT2D eigenvalue weighted by atomic mass is 19.1. The summed E-state index contributed by atoms with van der Waals surface area (Å²) < 4.78 is 13.1. The summed E-state index contributed by atoms with van der Waals surface area (Å²) in [4.78, 5) is 12.5. The van der Waals surface area contributed by atoms with Crippen LogP contribution >= 0.6 is 0 Å². The van der Waals surface area contributed by atoms with Gasteiger partial charge in [-0.1, -0.05) is 76.8 Å². The highest BCUT2D eigenvalue weighted by Crippen LogP contribution is 2.36. The molecule has 0 aromatic heterocycles. The van der Waals surface area contributed by atoms with E-state index in [-0.39, 0.29) is 11.7 Å². The lowest BCUT2D eigenvalue weighted by atomic mass is 9.76. The minimum absolute atomic E-state index is 0.167. The third-order valence-corrected chi connectivity index (χ3v) is 6.30. The van der Waals surface area contributed by atoms with E-state index in [9.17, 15) is 9.18 Å². The average molecular weight is 375 g/mol. The van der Waals surface area contributed by atoms with Gasteiger partial charge in [-0.2, -0.15) is 0 Å². The number of unbranched alkanes of at least 4 members (excludes halogenated alkanes) is 9. The lowest BCUT2D eigenvalue weighted by Crippen LogP contribution is -2.21. The number of benzene rings is 1. The Balaban J connectivity index is 1.50. The van der Waals surface area contributed by atoms with E-state index in [2.05, 4.69) is 6.92 Å². The van der Waals surface area contributed by atoms with Gasteiger partial charge >= 0.3 is 0 Å². The number of halogens is 1. The Morgan fingerprint density at radius 3 is 1.89 bits per heavy atom. The third kappa shape index (κ3) is 8.58. The van der Waals surface area contributed by atoms with Gasteiger partial charge in [0.05, 0.1) is 0 Å².